The quantitative estimate of drug-likeness (QED) is 0.733. The minimum absolute atomic E-state index is 0.326. The highest BCUT2D eigenvalue weighted by Crippen LogP contribution is 2.13. The Hall–Kier alpha value is -0.160. The zero-order valence-corrected chi connectivity index (χ0v) is 11.8. The molecule has 2 saturated heterocycles. The third-order valence-corrected chi connectivity index (χ3v) is 3.81. The van der Waals surface area contributed by atoms with Crippen LogP contribution in [0.5, 0.6) is 0 Å². The molecule has 0 aromatic heterocycles. The van der Waals surface area contributed by atoms with Crippen molar-refractivity contribution in [3.05, 3.63) is 0 Å². The van der Waals surface area contributed by atoms with Crippen molar-refractivity contribution in [1.29, 1.82) is 0 Å². The van der Waals surface area contributed by atoms with E-state index >= 15 is 0 Å². The van der Waals surface area contributed by atoms with E-state index in [9.17, 15) is 0 Å². The van der Waals surface area contributed by atoms with Gasteiger partial charge in [0, 0.05) is 44.8 Å². The number of piperazine rings is 1. The van der Waals surface area contributed by atoms with Gasteiger partial charge in [0.05, 0.1) is 0 Å². The number of likely N-dealkylation sites (N-methyl/N-ethyl adjacent to an activating group) is 1. The minimum Gasteiger partial charge on any atom is -0.325 e. The fourth-order valence-corrected chi connectivity index (χ4v) is 2.73. The van der Waals surface area contributed by atoms with Crippen molar-refractivity contribution >= 4 is 0 Å². The first-order chi connectivity index (χ1) is 8.31. The molecule has 2 fully saturated rings. The summed E-state index contributed by atoms with van der Waals surface area (Å²) in [6.07, 6.45) is 1.22. The number of piperidine rings is 1. The molecule has 2 aliphatic heterocycles. The van der Waals surface area contributed by atoms with Crippen molar-refractivity contribution in [3.63, 3.8) is 0 Å². The van der Waals surface area contributed by atoms with Gasteiger partial charge in [-0.25, -0.2) is 0 Å². The number of hydrogen-bond acceptors (Lipinski definition) is 4. The average Bonchev–Trinajstić information content (AvgIpc) is 2.42. The standard InChI is InChI=1S/C11H24N4.C2H6/c1-2-14-5-7-15(8-6-14)11-3-4-13-9-10(11)12;1-2/h10-11,13H,2-9,12H2,1H3;1-2H3. The van der Waals surface area contributed by atoms with Crippen LogP contribution in [-0.2, 0) is 0 Å². The molecular formula is C13H30N4. The lowest BCUT2D eigenvalue weighted by Crippen LogP contribution is -2.60. The summed E-state index contributed by atoms with van der Waals surface area (Å²) in [5.74, 6) is 0. The van der Waals surface area contributed by atoms with Crippen LogP contribution >= 0.6 is 0 Å². The fraction of sp³-hybridized carbons (Fsp3) is 1.00. The van der Waals surface area contributed by atoms with E-state index in [-0.39, 0.29) is 0 Å². The summed E-state index contributed by atoms with van der Waals surface area (Å²) in [6.45, 7) is 14.4. The summed E-state index contributed by atoms with van der Waals surface area (Å²) >= 11 is 0. The van der Waals surface area contributed by atoms with Gasteiger partial charge >= 0.3 is 0 Å². The number of rotatable bonds is 2. The molecule has 0 aromatic rings. The van der Waals surface area contributed by atoms with Crippen molar-refractivity contribution in [2.75, 3.05) is 45.8 Å². The second-order valence-corrected chi connectivity index (χ2v) is 4.69. The normalized spacial score (nSPS) is 31.8. The maximum atomic E-state index is 6.16. The Bertz CT molecular complexity index is 190. The molecule has 3 N–H and O–H groups in total. The van der Waals surface area contributed by atoms with Crippen LogP contribution in [0, 0.1) is 0 Å². The molecule has 2 rings (SSSR count). The SMILES string of the molecule is CC.CCN1CCN(C2CCNCC2N)CC1. The topological polar surface area (TPSA) is 44.5 Å². The Labute approximate surface area is 107 Å². The second kappa shape index (κ2) is 8.03. The summed E-state index contributed by atoms with van der Waals surface area (Å²) in [5, 5.41) is 3.36. The van der Waals surface area contributed by atoms with Crippen molar-refractivity contribution < 1.29 is 0 Å². The summed E-state index contributed by atoms with van der Waals surface area (Å²) in [4.78, 5) is 5.11. The number of nitrogens with one attached hydrogen (secondary N) is 1. The van der Waals surface area contributed by atoms with Gasteiger partial charge in [-0.15, -0.1) is 0 Å². The molecule has 0 amide bonds. The van der Waals surface area contributed by atoms with Gasteiger partial charge in [-0.3, -0.25) is 4.90 Å². The molecule has 2 unspecified atom stereocenters. The lowest BCUT2D eigenvalue weighted by atomic mass is 9.99. The molecule has 2 aliphatic rings. The van der Waals surface area contributed by atoms with Gasteiger partial charge < -0.3 is 16.0 Å². The Morgan fingerprint density at radius 3 is 2.35 bits per heavy atom. The van der Waals surface area contributed by atoms with E-state index in [4.69, 9.17) is 5.73 Å². The minimum atomic E-state index is 0.326. The Kier molecular flexibility index (Phi) is 7.04. The van der Waals surface area contributed by atoms with Gasteiger partial charge in [-0.2, -0.15) is 0 Å². The molecule has 4 heteroatoms. The molecule has 2 atom stereocenters. The van der Waals surface area contributed by atoms with Crippen LogP contribution < -0.4 is 11.1 Å². The third kappa shape index (κ3) is 4.21. The third-order valence-electron chi connectivity index (χ3n) is 3.81. The van der Waals surface area contributed by atoms with Crippen molar-refractivity contribution in [3.8, 4) is 0 Å². The number of hydrogen-bond donors (Lipinski definition) is 2. The van der Waals surface area contributed by atoms with Gasteiger partial charge in [0.1, 0.15) is 0 Å². The van der Waals surface area contributed by atoms with Gasteiger partial charge in [0.25, 0.3) is 0 Å². The van der Waals surface area contributed by atoms with Gasteiger partial charge in [0.15, 0.2) is 0 Å². The molecule has 0 aromatic carbocycles. The van der Waals surface area contributed by atoms with E-state index in [2.05, 4.69) is 22.0 Å². The van der Waals surface area contributed by atoms with Crippen molar-refractivity contribution in [1.82, 2.24) is 15.1 Å². The van der Waals surface area contributed by atoms with E-state index in [1.807, 2.05) is 13.8 Å². The zero-order chi connectivity index (χ0) is 12.7. The molecular weight excluding hydrogens is 212 g/mol. The first kappa shape index (κ1) is 14.9. The van der Waals surface area contributed by atoms with Crippen LogP contribution in [0.4, 0.5) is 0 Å². The van der Waals surface area contributed by atoms with E-state index in [1.165, 1.54) is 39.1 Å². The predicted molar refractivity (Wildman–Crippen MR) is 74.3 cm³/mol. The van der Waals surface area contributed by atoms with Gasteiger partial charge in [-0.05, 0) is 19.5 Å². The smallest absolute Gasteiger partial charge is 0.0324 e. The molecule has 0 bridgehead atoms. The lowest BCUT2D eigenvalue weighted by molar-refractivity contribution is 0.0756. The number of nitrogens with zero attached hydrogens (tertiary/aromatic N) is 2. The molecule has 2 heterocycles. The first-order valence-corrected chi connectivity index (χ1v) is 7.24. The second-order valence-electron chi connectivity index (χ2n) is 4.69. The Morgan fingerprint density at radius 2 is 1.82 bits per heavy atom. The van der Waals surface area contributed by atoms with Crippen LogP contribution in [0.15, 0.2) is 0 Å². The highest BCUT2D eigenvalue weighted by atomic mass is 15.3. The molecule has 0 saturated carbocycles. The van der Waals surface area contributed by atoms with E-state index in [0.717, 1.165) is 13.1 Å². The predicted octanol–water partition coefficient (Wildman–Crippen LogP) is 0.339. The van der Waals surface area contributed by atoms with Crippen LogP contribution in [0.2, 0.25) is 0 Å². The Balaban J connectivity index is 0.000000686. The summed E-state index contributed by atoms with van der Waals surface area (Å²) < 4.78 is 0. The maximum Gasteiger partial charge on any atom is 0.0324 e. The Morgan fingerprint density at radius 1 is 1.18 bits per heavy atom. The van der Waals surface area contributed by atoms with Crippen molar-refractivity contribution in [2.24, 2.45) is 5.73 Å². The maximum absolute atomic E-state index is 6.16. The fourth-order valence-electron chi connectivity index (χ4n) is 2.73. The van der Waals surface area contributed by atoms with Crippen LogP contribution in [-0.4, -0.2) is 67.7 Å². The molecule has 0 aliphatic carbocycles. The van der Waals surface area contributed by atoms with Crippen LogP contribution in [0.1, 0.15) is 27.2 Å². The highest BCUT2D eigenvalue weighted by molar-refractivity contribution is 4.90. The molecule has 0 spiro atoms. The van der Waals surface area contributed by atoms with Gasteiger partial charge in [0.2, 0.25) is 0 Å². The number of nitrogens with two attached hydrogens (primary N) is 1. The first-order valence-electron chi connectivity index (χ1n) is 7.24. The van der Waals surface area contributed by atoms with E-state index < -0.39 is 0 Å². The van der Waals surface area contributed by atoms with Crippen LogP contribution in [0.25, 0.3) is 0 Å². The van der Waals surface area contributed by atoms with E-state index in [0.29, 0.717) is 12.1 Å². The van der Waals surface area contributed by atoms with Gasteiger partial charge in [-0.1, -0.05) is 20.8 Å². The lowest BCUT2D eigenvalue weighted by Gasteiger charge is -2.43. The molecule has 4 nitrogen and oxygen atoms in total. The summed E-state index contributed by atoms with van der Waals surface area (Å²) in [6, 6.07) is 0.942. The highest BCUT2D eigenvalue weighted by Gasteiger charge is 2.29. The largest absolute Gasteiger partial charge is 0.325 e. The zero-order valence-electron chi connectivity index (χ0n) is 11.8. The monoisotopic (exact) mass is 242 g/mol. The van der Waals surface area contributed by atoms with E-state index in [1.54, 1.807) is 0 Å². The molecule has 0 radical (unpaired) electrons. The van der Waals surface area contributed by atoms with Crippen LogP contribution in [0.3, 0.4) is 0 Å². The molecule has 102 valence electrons. The van der Waals surface area contributed by atoms with Crippen molar-refractivity contribution in [2.45, 2.75) is 39.3 Å². The summed E-state index contributed by atoms with van der Waals surface area (Å²) in [5.41, 5.74) is 6.16. The summed E-state index contributed by atoms with van der Waals surface area (Å²) in [7, 11) is 0. The molecule has 17 heavy (non-hydrogen) atoms. The average molecular weight is 242 g/mol.